The summed E-state index contributed by atoms with van der Waals surface area (Å²) in [6.45, 7) is 3.72. The number of para-hydroxylation sites is 1. The lowest BCUT2D eigenvalue weighted by atomic mass is 9.70. The number of rotatable bonds is 8. The predicted molar refractivity (Wildman–Crippen MR) is 122 cm³/mol. The molecular weight excluding hydrogens is 478 g/mol. The van der Waals surface area contributed by atoms with Gasteiger partial charge in [0.1, 0.15) is 11.6 Å². The molecule has 9 heteroatoms. The molecule has 0 aromatic heterocycles. The lowest BCUT2D eigenvalue weighted by Crippen LogP contribution is -2.57. The first-order valence-electron chi connectivity index (χ1n) is 11.2. The van der Waals surface area contributed by atoms with E-state index in [4.69, 9.17) is 4.74 Å². The molecule has 3 fully saturated rings. The first-order valence-corrected chi connectivity index (χ1v) is 12.1. The molecule has 7 atom stereocenters. The molecule has 0 saturated carbocycles. The standard InChI is InChI=1S/C23H30BrN3O5/c1-3-7-13(2)25-21(30)19-23-12-15(24)18(32-23)16(17(23)22(31)27(19)10-11-28)20(29)26-14-8-5-4-6-9-14/h4-6,8-9,13,15-19,28H,3,7,10-12H2,1-2H3,(H,25,30)(H,26,29)/t13?,15?,16-,17+,18-,19?,23?/m1/s1. The molecule has 3 amide bonds. The molecule has 1 spiro atoms. The van der Waals surface area contributed by atoms with Crippen LogP contribution in [-0.4, -0.2) is 69.5 Å². The SMILES string of the molecule is CCCC(C)NC(=O)C1N(CCO)C(=O)[C@@H]2[C@@H](C(=O)Nc3ccccc3)[C@@H]3OC12CC3Br. The maximum absolute atomic E-state index is 13.5. The van der Waals surface area contributed by atoms with Crippen LogP contribution in [-0.2, 0) is 19.1 Å². The molecule has 3 saturated heterocycles. The van der Waals surface area contributed by atoms with Crippen molar-refractivity contribution in [3.63, 3.8) is 0 Å². The number of alkyl halides is 1. The van der Waals surface area contributed by atoms with Crippen molar-refractivity contribution in [3.05, 3.63) is 30.3 Å². The van der Waals surface area contributed by atoms with Gasteiger partial charge >= 0.3 is 0 Å². The van der Waals surface area contributed by atoms with Gasteiger partial charge in [0.15, 0.2) is 0 Å². The van der Waals surface area contributed by atoms with E-state index in [1.165, 1.54) is 4.90 Å². The van der Waals surface area contributed by atoms with E-state index >= 15 is 0 Å². The summed E-state index contributed by atoms with van der Waals surface area (Å²) in [4.78, 5) is 41.5. The molecule has 1 aromatic rings. The van der Waals surface area contributed by atoms with Gasteiger partial charge in [-0.3, -0.25) is 14.4 Å². The van der Waals surface area contributed by atoms with E-state index in [-0.39, 0.29) is 41.7 Å². The fourth-order valence-electron chi connectivity index (χ4n) is 5.65. The van der Waals surface area contributed by atoms with E-state index in [2.05, 4.69) is 26.6 Å². The minimum absolute atomic E-state index is 0.0192. The molecule has 1 aromatic carbocycles. The van der Waals surface area contributed by atoms with Gasteiger partial charge in [-0.25, -0.2) is 0 Å². The Morgan fingerprint density at radius 2 is 2.03 bits per heavy atom. The molecule has 8 nitrogen and oxygen atoms in total. The van der Waals surface area contributed by atoms with Crippen molar-refractivity contribution in [2.24, 2.45) is 11.8 Å². The Bertz CT molecular complexity index is 884. The van der Waals surface area contributed by atoms with Crippen molar-refractivity contribution in [1.82, 2.24) is 10.2 Å². The maximum atomic E-state index is 13.5. The molecule has 0 radical (unpaired) electrons. The van der Waals surface area contributed by atoms with Crippen LogP contribution in [0.5, 0.6) is 0 Å². The Kier molecular flexibility index (Phi) is 6.61. The summed E-state index contributed by atoms with van der Waals surface area (Å²) in [5.74, 6) is -2.39. The molecular formula is C23H30BrN3O5. The number of fused-ring (bicyclic) bond motifs is 1. The number of carbonyl (C=O) groups is 3. The molecule has 4 unspecified atom stereocenters. The molecule has 3 N–H and O–H groups in total. The first kappa shape index (κ1) is 23.2. The summed E-state index contributed by atoms with van der Waals surface area (Å²) in [6, 6.07) is 8.14. The number of amides is 3. The van der Waals surface area contributed by atoms with Gasteiger partial charge in [-0.05, 0) is 31.9 Å². The summed E-state index contributed by atoms with van der Waals surface area (Å²) in [7, 11) is 0. The van der Waals surface area contributed by atoms with E-state index < -0.39 is 29.6 Å². The van der Waals surface area contributed by atoms with Gasteiger partial charge in [-0.1, -0.05) is 47.5 Å². The van der Waals surface area contributed by atoms with Gasteiger partial charge in [-0.2, -0.15) is 0 Å². The summed E-state index contributed by atoms with van der Waals surface area (Å²) < 4.78 is 6.38. The lowest BCUT2D eigenvalue weighted by Gasteiger charge is -2.34. The molecule has 3 aliphatic heterocycles. The third kappa shape index (κ3) is 3.74. The Balaban J connectivity index is 1.66. The highest BCUT2D eigenvalue weighted by Crippen LogP contribution is 2.60. The van der Waals surface area contributed by atoms with Crippen LogP contribution in [0.4, 0.5) is 5.69 Å². The van der Waals surface area contributed by atoms with Gasteiger partial charge in [0.05, 0.1) is 24.5 Å². The zero-order valence-corrected chi connectivity index (χ0v) is 19.9. The monoisotopic (exact) mass is 507 g/mol. The number of likely N-dealkylation sites (tertiary alicyclic amines) is 1. The van der Waals surface area contributed by atoms with Gasteiger partial charge in [0.25, 0.3) is 0 Å². The largest absolute Gasteiger partial charge is 0.395 e. The van der Waals surface area contributed by atoms with Crippen molar-refractivity contribution in [3.8, 4) is 0 Å². The molecule has 3 heterocycles. The Hall–Kier alpha value is -1.97. The normalized spacial score (nSPS) is 33.8. The fraction of sp³-hybridized carbons (Fsp3) is 0.609. The van der Waals surface area contributed by atoms with Crippen LogP contribution in [0, 0.1) is 11.8 Å². The summed E-state index contributed by atoms with van der Waals surface area (Å²) >= 11 is 3.64. The Morgan fingerprint density at radius 1 is 1.31 bits per heavy atom. The highest BCUT2D eigenvalue weighted by atomic mass is 79.9. The zero-order chi connectivity index (χ0) is 23.0. The topological polar surface area (TPSA) is 108 Å². The van der Waals surface area contributed by atoms with E-state index in [1.807, 2.05) is 32.0 Å². The maximum Gasteiger partial charge on any atom is 0.246 e. The van der Waals surface area contributed by atoms with E-state index in [1.54, 1.807) is 12.1 Å². The molecule has 174 valence electrons. The van der Waals surface area contributed by atoms with Crippen LogP contribution < -0.4 is 10.6 Å². The van der Waals surface area contributed by atoms with Crippen LogP contribution in [0.2, 0.25) is 0 Å². The highest BCUT2D eigenvalue weighted by molar-refractivity contribution is 9.09. The number of aliphatic hydroxyl groups is 1. The number of nitrogens with zero attached hydrogens (tertiary/aromatic N) is 1. The van der Waals surface area contributed by atoms with Gasteiger partial charge in [0.2, 0.25) is 17.7 Å². The van der Waals surface area contributed by atoms with Crippen molar-refractivity contribution in [2.75, 3.05) is 18.5 Å². The second kappa shape index (κ2) is 9.11. The van der Waals surface area contributed by atoms with Gasteiger partial charge in [0, 0.05) is 23.1 Å². The number of benzene rings is 1. The number of anilines is 1. The molecule has 3 aliphatic rings. The third-order valence-electron chi connectivity index (χ3n) is 6.83. The van der Waals surface area contributed by atoms with Crippen molar-refractivity contribution in [1.29, 1.82) is 0 Å². The van der Waals surface area contributed by atoms with Crippen LogP contribution in [0.25, 0.3) is 0 Å². The number of carbonyl (C=O) groups excluding carboxylic acids is 3. The number of nitrogens with one attached hydrogen (secondary N) is 2. The second-order valence-electron chi connectivity index (χ2n) is 8.97. The van der Waals surface area contributed by atoms with Crippen molar-refractivity contribution >= 4 is 39.3 Å². The van der Waals surface area contributed by atoms with E-state index in [0.29, 0.717) is 12.1 Å². The zero-order valence-electron chi connectivity index (χ0n) is 18.3. The average Bonchev–Trinajstić information content (AvgIpc) is 3.33. The minimum atomic E-state index is -1.10. The number of hydrogen-bond donors (Lipinski definition) is 3. The molecule has 2 bridgehead atoms. The second-order valence-corrected chi connectivity index (χ2v) is 10.1. The molecule has 4 rings (SSSR count). The number of halogens is 1. The number of hydrogen-bond acceptors (Lipinski definition) is 5. The number of β-amino-alcohol motifs (C(OH)–C–C–N with tert-alkyl or cyclic N) is 1. The van der Waals surface area contributed by atoms with Crippen LogP contribution in [0.3, 0.4) is 0 Å². The minimum Gasteiger partial charge on any atom is -0.395 e. The fourth-order valence-corrected chi connectivity index (χ4v) is 6.59. The number of aliphatic hydroxyl groups excluding tert-OH is 1. The van der Waals surface area contributed by atoms with E-state index in [0.717, 1.165) is 12.8 Å². The summed E-state index contributed by atoms with van der Waals surface area (Å²) in [5.41, 5.74) is -0.458. The van der Waals surface area contributed by atoms with E-state index in [9.17, 15) is 19.5 Å². The molecule has 32 heavy (non-hydrogen) atoms. The van der Waals surface area contributed by atoms with Gasteiger partial charge < -0.3 is 25.4 Å². The molecule has 0 aliphatic carbocycles. The van der Waals surface area contributed by atoms with Crippen LogP contribution in [0.1, 0.15) is 33.1 Å². The Morgan fingerprint density at radius 3 is 2.69 bits per heavy atom. The lowest BCUT2D eigenvalue weighted by molar-refractivity contribution is -0.142. The summed E-state index contributed by atoms with van der Waals surface area (Å²) in [6.07, 6.45) is 1.68. The van der Waals surface area contributed by atoms with Crippen LogP contribution in [0.15, 0.2) is 30.3 Å². The number of ether oxygens (including phenoxy) is 1. The van der Waals surface area contributed by atoms with Crippen molar-refractivity contribution < 1.29 is 24.2 Å². The quantitative estimate of drug-likeness (QED) is 0.464. The van der Waals surface area contributed by atoms with Crippen LogP contribution >= 0.6 is 15.9 Å². The predicted octanol–water partition coefficient (Wildman–Crippen LogP) is 1.67. The average molecular weight is 508 g/mol. The summed E-state index contributed by atoms with van der Waals surface area (Å²) in [5, 5.41) is 15.5. The Labute approximate surface area is 196 Å². The smallest absolute Gasteiger partial charge is 0.246 e. The first-order chi connectivity index (χ1) is 15.3. The highest BCUT2D eigenvalue weighted by Gasteiger charge is 2.76. The third-order valence-corrected chi connectivity index (χ3v) is 7.68. The van der Waals surface area contributed by atoms with Crippen molar-refractivity contribution in [2.45, 2.75) is 61.7 Å². The van der Waals surface area contributed by atoms with Gasteiger partial charge in [-0.15, -0.1) is 0 Å².